The molecular weight excluding hydrogens is 110 g/mol. The van der Waals surface area contributed by atoms with Gasteiger partial charge in [-0.05, 0) is 18.9 Å². The van der Waals surface area contributed by atoms with Crippen LogP contribution >= 0.6 is 11.9 Å². The maximum atomic E-state index is 10.4. The Morgan fingerprint density at radius 2 is 2.57 bits per heavy atom. The minimum atomic E-state index is 0.171. The fraction of sp³-hybridized carbons (Fsp3) is 0.500. The monoisotopic (exact) mass is 115 g/mol. The molecule has 0 amide bonds. The van der Waals surface area contributed by atoms with Crippen LogP contribution in [0.3, 0.4) is 0 Å². The smallest absolute Gasteiger partial charge is 0.189 e. The van der Waals surface area contributed by atoms with E-state index in [1.165, 1.54) is 11.9 Å². The molecule has 0 unspecified atom stereocenters. The summed E-state index contributed by atoms with van der Waals surface area (Å²) in [4.78, 5) is 10.4. The summed E-state index contributed by atoms with van der Waals surface area (Å²) in [5.41, 5.74) is 0.657. The zero-order valence-electron chi connectivity index (χ0n) is 3.97. The lowest BCUT2D eigenvalue weighted by Crippen LogP contribution is -2.04. The Morgan fingerprint density at radius 1 is 1.86 bits per heavy atom. The van der Waals surface area contributed by atoms with E-state index in [9.17, 15) is 4.79 Å². The van der Waals surface area contributed by atoms with Gasteiger partial charge in [0.2, 0.25) is 0 Å². The molecule has 0 saturated heterocycles. The number of hydrogen-bond acceptors (Lipinski definition) is 3. The van der Waals surface area contributed by atoms with Crippen LogP contribution < -0.4 is 0 Å². The third-order valence-electron chi connectivity index (χ3n) is 0.801. The first-order valence-corrected chi connectivity index (χ1v) is 2.95. The van der Waals surface area contributed by atoms with Crippen LogP contribution in [0.25, 0.3) is 0 Å². The summed E-state index contributed by atoms with van der Waals surface area (Å²) in [6, 6.07) is 0. The molecule has 3 heteroatoms. The van der Waals surface area contributed by atoms with E-state index in [0.29, 0.717) is 11.5 Å². The molecule has 7 heavy (non-hydrogen) atoms. The molecule has 0 aromatic heterocycles. The van der Waals surface area contributed by atoms with Gasteiger partial charge in [-0.2, -0.15) is 0 Å². The second kappa shape index (κ2) is 1.66. The largest absolute Gasteiger partial charge is 0.292 e. The van der Waals surface area contributed by atoms with Crippen molar-refractivity contribution >= 4 is 23.4 Å². The molecule has 0 radical (unpaired) electrons. The molecule has 0 aliphatic carbocycles. The zero-order chi connectivity index (χ0) is 5.28. The molecule has 0 fully saturated rings. The van der Waals surface area contributed by atoms with Gasteiger partial charge in [0.25, 0.3) is 0 Å². The molecule has 0 spiro atoms. The Morgan fingerprint density at radius 3 is 2.71 bits per heavy atom. The second-order valence-corrected chi connectivity index (χ2v) is 2.10. The van der Waals surface area contributed by atoms with Gasteiger partial charge in [-0.25, -0.2) is 4.40 Å². The lowest BCUT2D eigenvalue weighted by Gasteiger charge is -1.76. The Kier molecular flexibility index (Phi) is 1.15. The van der Waals surface area contributed by atoms with Crippen molar-refractivity contribution in [2.45, 2.75) is 6.92 Å². The third kappa shape index (κ3) is 0.825. The highest BCUT2D eigenvalue weighted by atomic mass is 32.2. The fourth-order valence-corrected chi connectivity index (χ4v) is 1.03. The van der Waals surface area contributed by atoms with E-state index in [0.717, 1.165) is 0 Å². The topological polar surface area (TPSA) is 29.4 Å². The van der Waals surface area contributed by atoms with Gasteiger partial charge in [0, 0.05) is 0 Å². The average molecular weight is 115 g/mol. The Balaban J connectivity index is 2.72. The summed E-state index contributed by atoms with van der Waals surface area (Å²) in [6.07, 6.45) is 0. The SMILES string of the molecule is CC1=NSCC1=O. The van der Waals surface area contributed by atoms with Crippen molar-refractivity contribution in [1.82, 2.24) is 0 Å². The van der Waals surface area contributed by atoms with Crippen LogP contribution in [0.1, 0.15) is 6.92 Å². The number of carbonyl (C=O) groups excluding carboxylic acids is 1. The van der Waals surface area contributed by atoms with E-state index < -0.39 is 0 Å². The van der Waals surface area contributed by atoms with Gasteiger partial charge >= 0.3 is 0 Å². The highest BCUT2D eigenvalue weighted by Gasteiger charge is 2.11. The van der Waals surface area contributed by atoms with Crippen molar-refractivity contribution in [2.75, 3.05) is 5.75 Å². The molecular formula is C4H5NOS. The molecule has 1 aliphatic heterocycles. The molecule has 0 aromatic rings. The zero-order valence-corrected chi connectivity index (χ0v) is 4.79. The maximum absolute atomic E-state index is 10.4. The van der Waals surface area contributed by atoms with Crippen molar-refractivity contribution in [3.8, 4) is 0 Å². The predicted molar refractivity (Wildman–Crippen MR) is 30.6 cm³/mol. The fourth-order valence-electron chi connectivity index (χ4n) is 0.343. The first-order chi connectivity index (χ1) is 3.30. The third-order valence-corrected chi connectivity index (χ3v) is 1.59. The first-order valence-electron chi connectivity index (χ1n) is 2.00. The minimum Gasteiger partial charge on any atom is -0.292 e. The molecule has 0 atom stereocenters. The summed E-state index contributed by atoms with van der Waals surface area (Å²) in [5.74, 6) is 0.719. The predicted octanol–water partition coefficient (Wildman–Crippen LogP) is 0.678. The average Bonchev–Trinajstić information content (AvgIpc) is 1.91. The van der Waals surface area contributed by atoms with Crippen LogP contribution in [0.2, 0.25) is 0 Å². The second-order valence-electron chi connectivity index (χ2n) is 1.37. The molecule has 0 aromatic carbocycles. The highest BCUT2D eigenvalue weighted by Crippen LogP contribution is 2.10. The Bertz CT molecular complexity index is 130. The number of hydrogen-bond donors (Lipinski definition) is 0. The Labute approximate surface area is 46.1 Å². The molecule has 1 aliphatic rings. The van der Waals surface area contributed by atoms with Crippen LogP contribution in [-0.4, -0.2) is 17.2 Å². The van der Waals surface area contributed by atoms with Gasteiger partial charge in [-0.3, -0.25) is 4.79 Å². The molecule has 0 saturated carbocycles. The van der Waals surface area contributed by atoms with Crippen molar-refractivity contribution in [3.63, 3.8) is 0 Å². The van der Waals surface area contributed by atoms with Gasteiger partial charge in [-0.1, -0.05) is 0 Å². The number of carbonyl (C=O) groups is 1. The normalized spacial score (nSPS) is 20.1. The Hall–Kier alpha value is -0.310. The molecule has 2 nitrogen and oxygen atoms in total. The van der Waals surface area contributed by atoms with Crippen molar-refractivity contribution in [2.24, 2.45) is 4.40 Å². The van der Waals surface area contributed by atoms with Gasteiger partial charge in [-0.15, -0.1) is 0 Å². The van der Waals surface area contributed by atoms with Crippen LogP contribution in [0.4, 0.5) is 0 Å². The van der Waals surface area contributed by atoms with E-state index in [-0.39, 0.29) is 5.78 Å². The quantitative estimate of drug-likeness (QED) is 0.434. The van der Waals surface area contributed by atoms with E-state index in [1.807, 2.05) is 0 Å². The van der Waals surface area contributed by atoms with E-state index in [2.05, 4.69) is 4.40 Å². The maximum Gasteiger partial charge on any atom is 0.189 e. The number of Topliss-reactive ketones (excluding diaryl/α,β-unsaturated/α-hetero) is 1. The van der Waals surface area contributed by atoms with Crippen LogP contribution in [-0.2, 0) is 4.79 Å². The van der Waals surface area contributed by atoms with Crippen LogP contribution in [0, 0.1) is 0 Å². The minimum absolute atomic E-state index is 0.171. The van der Waals surface area contributed by atoms with E-state index in [1.54, 1.807) is 6.92 Å². The van der Waals surface area contributed by atoms with Gasteiger partial charge < -0.3 is 0 Å². The van der Waals surface area contributed by atoms with Crippen LogP contribution in [0.15, 0.2) is 4.40 Å². The highest BCUT2D eigenvalue weighted by molar-refractivity contribution is 7.99. The lowest BCUT2D eigenvalue weighted by atomic mass is 10.3. The number of ketones is 1. The van der Waals surface area contributed by atoms with Crippen molar-refractivity contribution in [3.05, 3.63) is 0 Å². The van der Waals surface area contributed by atoms with Gasteiger partial charge in [0.15, 0.2) is 5.78 Å². The summed E-state index contributed by atoms with van der Waals surface area (Å²) < 4.78 is 3.80. The molecule has 0 bridgehead atoms. The standard InChI is InChI=1S/C4H5NOS/c1-3-4(6)2-7-5-3/h2H2,1H3. The van der Waals surface area contributed by atoms with Crippen LogP contribution in [0.5, 0.6) is 0 Å². The summed E-state index contributed by atoms with van der Waals surface area (Å²) in [7, 11) is 0. The summed E-state index contributed by atoms with van der Waals surface area (Å²) in [6.45, 7) is 1.74. The molecule has 1 heterocycles. The summed E-state index contributed by atoms with van der Waals surface area (Å²) in [5, 5.41) is 0. The molecule has 1 rings (SSSR count). The molecule has 0 N–H and O–H groups in total. The van der Waals surface area contributed by atoms with E-state index >= 15 is 0 Å². The van der Waals surface area contributed by atoms with E-state index in [4.69, 9.17) is 0 Å². The van der Waals surface area contributed by atoms with Crippen molar-refractivity contribution < 1.29 is 4.79 Å². The van der Waals surface area contributed by atoms with Gasteiger partial charge in [0.1, 0.15) is 0 Å². The summed E-state index contributed by atoms with van der Waals surface area (Å²) >= 11 is 1.33. The first kappa shape index (κ1) is 4.84. The number of rotatable bonds is 0. The lowest BCUT2D eigenvalue weighted by molar-refractivity contribution is -0.110. The number of nitrogens with zero attached hydrogens (tertiary/aromatic N) is 1. The van der Waals surface area contributed by atoms with Gasteiger partial charge in [0.05, 0.1) is 11.5 Å². The molecule has 38 valence electrons. The van der Waals surface area contributed by atoms with Crippen molar-refractivity contribution in [1.29, 1.82) is 0 Å².